The molecule has 1 aromatic heterocycles. The quantitative estimate of drug-likeness (QED) is 0.771. The number of aromatic nitrogens is 3. The number of halogens is 2. The van der Waals surface area contributed by atoms with Gasteiger partial charge in [0.15, 0.2) is 5.69 Å². The van der Waals surface area contributed by atoms with Crippen molar-refractivity contribution in [2.24, 2.45) is 0 Å². The van der Waals surface area contributed by atoms with Gasteiger partial charge >= 0.3 is 0 Å². The Morgan fingerprint density at radius 2 is 2.08 bits per heavy atom. The molecule has 0 saturated carbocycles. The molecule has 0 radical (unpaired) electrons. The van der Waals surface area contributed by atoms with E-state index in [0.717, 1.165) is 0 Å². The van der Waals surface area contributed by atoms with E-state index in [2.05, 4.69) is 15.6 Å². The molecule has 3 rings (SSSR count). The van der Waals surface area contributed by atoms with E-state index >= 15 is 0 Å². The number of nitrogens with one attached hydrogen (secondary N) is 1. The predicted molar refractivity (Wildman–Crippen MR) is 92.0 cm³/mol. The molecule has 0 fully saturated rings. The summed E-state index contributed by atoms with van der Waals surface area (Å²) in [5.74, 6) is -0.397. The second-order valence-corrected chi connectivity index (χ2v) is 5.65. The third-order valence-corrected chi connectivity index (χ3v) is 3.80. The van der Waals surface area contributed by atoms with E-state index in [1.165, 1.54) is 30.0 Å². The lowest BCUT2D eigenvalue weighted by atomic mass is 10.2. The van der Waals surface area contributed by atoms with E-state index in [1.807, 2.05) is 0 Å². The van der Waals surface area contributed by atoms with Crippen molar-refractivity contribution in [2.75, 3.05) is 12.4 Å². The van der Waals surface area contributed by atoms with Crippen molar-refractivity contribution in [3.05, 3.63) is 64.7 Å². The molecule has 128 valence electrons. The smallest absolute Gasteiger partial charge is 0.278 e. The number of amides is 1. The van der Waals surface area contributed by atoms with Crippen molar-refractivity contribution >= 4 is 23.2 Å². The van der Waals surface area contributed by atoms with Gasteiger partial charge in [0.25, 0.3) is 5.91 Å². The fraction of sp³-hybridized carbons (Fsp3) is 0.118. The Kier molecular flexibility index (Phi) is 4.67. The van der Waals surface area contributed by atoms with Crippen molar-refractivity contribution in [3.63, 3.8) is 0 Å². The van der Waals surface area contributed by atoms with Crippen LogP contribution >= 0.6 is 11.6 Å². The van der Waals surface area contributed by atoms with Gasteiger partial charge in [-0.15, -0.1) is 5.10 Å². The molecule has 2 aromatic carbocycles. The van der Waals surface area contributed by atoms with Gasteiger partial charge in [-0.05, 0) is 43.3 Å². The highest BCUT2D eigenvalue weighted by Gasteiger charge is 2.19. The van der Waals surface area contributed by atoms with Crippen LogP contribution in [0.15, 0.2) is 42.5 Å². The second kappa shape index (κ2) is 6.90. The molecule has 0 aliphatic carbocycles. The molecular formula is C17H14ClFN4O2. The largest absolute Gasteiger partial charge is 0.494 e. The van der Waals surface area contributed by atoms with E-state index in [0.29, 0.717) is 27.8 Å². The Hall–Kier alpha value is -2.93. The topological polar surface area (TPSA) is 69.0 Å². The first-order valence-corrected chi connectivity index (χ1v) is 7.70. The van der Waals surface area contributed by atoms with Crippen molar-refractivity contribution in [3.8, 4) is 11.4 Å². The summed E-state index contributed by atoms with van der Waals surface area (Å²) < 4.78 is 20.0. The maximum atomic E-state index is 13.2. The fourth-order valence-electron chi connectivity index (χ4n) is 2.35. The van der Waals surface area contributed by atoms with Crippen LogP contribution in [0, 0.1) is 12.7 Å². The molecule has 0 unspecified atom stereocenters. The predicted octanol–water partition coefficient (Wildman–Crippen LogP) is 3.63. The first kappa shape index (κ1) is 16.9. The maximum absolute atomic E-state index is 13.2. The van der Waals surface area contributed by atoms with Crippen molar-refractivity contribution in [1.82, 2.24) is 15.0 Å². The van der Waals surface area contributed by atoms with Crippen LogP contribution in [0.3, 0.4) is 0 Å². The molecule has 1 heterocycles. The van der Waals surface area contributed by atoms with Crippen molar-refractivity contribution in [1.29, 1.82) is 0 Å². The summed E-state index contributed by atoms with van der Waals surface area (Å²) in [6, 6.07) is 10.7. The minimum atomic E-state index is -0.490. The van der Waals surface area contributed by atoms with Crippen LogP contribution in [-0.2, 0) is 0 Å². The van der Waals surface area contributed by atoms with E-state index < -0.39 is 11.7 Å². The molecule has 0 saturated heterocycles. The fourth-order valence-corrected chi connectivity index (χ4v) is 2.52. The van der Waals surface area contributed by atoms with E-state index in [9.17, 15) is 9.18 Å². The number of carbonyl (C=O) groups is 1. The highest BCUT2D eigenvalue weighted by molar-refractivity contribution is 6.30. The molecule has 0 aliphatic rings. The van der Waals surface area contributed by atoms with Gasteiger partial charge in [-0.2, -0.15) is 0 Å². The van der Waals surface area contributed by atoms with Crippen molar-refractivity contribution in [2.45, 2.75) is 6.92 Å². The average Bonchev–Trinajstić information content (AvgIpc) is 2.96. The molecule has 0 atom stereocenters. The van der Waals surface area contributed by atoms with Gasteiger partial charge in [0.05, 0.1) is 12.8 Å². The molecule has 0 spiro atoms. The summed E-state index contributed by atoms with van der Waals surface area (Å²) in [6.07, 6.45) is 0. The van der Waals surface area contributed by atoms with Crippen LogP contribution in [0.1, 0.15) is 16.2 Å². The molecule has 0 bridgehead atoms. The van der Waals surface area contributed by atoms with Crippen molar-refractivity contribution < 1.29 is 13.9 Å². The number of carbonyl (C=O) groups excluding carboxylic acids is 1. The highest BCUT2D eigenvalue weighted by Crippen LogP contribution is 2.27. The maximum Gasteiger partial charge on any atom is 0.278 e. The summed E-state index contributed by atoms with van der Waals surface area (Å²) in [4.78, 5) is 12.4. The Balaban J connectivity index is 1.94. The third kappa shape index (κ3) is 3.46. The molecule has 1 amide bonds. The van der Waals surface area contributed by atoms with Gasteiger partial charge in [0.2, 0.25) is 0 Å². The number of rotatable bonds is 4. The average molecular weight is 361 g/mol. The van der Waals surface area contributed by atoms with E-state index in [-0.39, 0.29) is 5.69 Å². The minimum absolute atomic E-state index is 0.117. The van der Waals surface area contributed by atoms with Gasteiger partial charge in [-0.25, -0.2) is 9.07 Å². The Morgan fingerprint density at radius 3 is 2.80 bits per heavy atom. The zero-order chi connectivity index (χ0) is 18.0. The third-order valence-electron chi connectivity index (χ3n) is 3.56. The molecule has 25 heavy (non-hydrogen) atoms. The highest BCUT2D eigenvalue weighted by atomic mass is 35.5. The van der Waals surface area contributed by atoms with Crippen LogP contribution in [-0.4, -0.2) is 28.0 Å². The van der Waals surface area contributed by atoms with Gasteiger partial charge < -0.3 is 10.1 Å². The standard InChI is InChI=1S/C17H14ClFN4O2/c1-10-16(17(24)20-13-5-3-4-12(19)9-13)21-22-23(10)14-8-11(18)6-7-15(14)25-2/h3-9H,1-2H3,(H,20,24). The number of ether oxygens (including phenoxy) is 1. The molecule has 0 aliphatic heterocycles. The SMILES string of the molecule is COc1ccc(Cl)cc1-n1nnc(C(=O)Nc2cccc(F)c2)c1C. The summed E-state index contributed by atoms with van der Waals surface area (Å²) in [7, 11) is 1.52. The van der Waals surface area contributed by atoms with Gasteiger partial charge in [-0.3, -0.25) is 4.79 Å². The lowest BCUT2D eigenvalue weighted by Gasteiger charge is -2.10. The molecule has 3 aromatic rings. The first-order valence-electron chi connectivity index (χ1n) is 7.32. The van der Waals surface area contributed by atoms with Crippen LogP contribution in [0.25, 0.3) is 5.69 Å². The van der Waals surface area contributed by atoms with Crippen LogP contribution < -0.4 is 10.1 Å². The number of hydrogen-bond donors (Lipinski definition) is 1. The van der Waals surface area contributed by atoms with Crippen LogP contribution in [0.4, 0.5) is 10.1 Å². The summed E-state index contributed by atoms with van der Waals surface area (Å²) in [6.45, 7) is 1.70. The zero-order valence-corrected chi connectivity index (χ0v) is 14.2. The number of benzene rings is 2. The molecule has 1 N–H and O–H groups in total. The number of methoxy groups -OCH3 is 1. The Labute approximate surface area is 148 Å². The summed E-state index contributed by atoms with van der Waals surface area (Å²) in [5.41, 5.74) is 1.50. The lowest BCUT2D eigenvalue weighted by molar-refractivity contribution is 0.102. The van der Waals surface area contributed by atoms with Crippen LogP contribution in [0.5, 0.6) is 5.75 Å². The second-order valence-electron chi connectivity index (χ2n) is 5.22. The summed E-state index contributed by atoms with van der Waals surface area (Å²) >= 11 is 6.04. The first-order chi connectivity index (χ1) is 12.0. The van der Waals surface area contributed by atoms with Gasteiger partial charge in [0, 0.05) is 10.7 Å². The molecular weight excluding hydrogens is 347 g/mol. The van der Waals surface area contributed by atoms with Gasteiger partial charge in [-0.1, -0.05) is 22.9 Å². The normalized spacial score (nSPS) is 10.6. The van der Waals surface area contributed by atoms with E-state index in [1.54, 1.807) is 31.2 Å². The molecule has 6 nitrogen and oxygen atoms in total. The van der Waals surface area contributed by atoms with Gasteiger partial charge in [0.1, 0.15) is 17.3 Å². The lowest BCUT2D eigenvalue weighted by Crippen LogP contribution is -2.14. The Morgan fingerprint density at radius 1 is 1.28 bits per heavy atom. The number of nitrogens with zero attached hydrogens (tertiary/aromatic N) is 3. The minimum Gasteiger partial charge on any atom is -0.494 e. The number of hydrogen-bond acceptors (Lipinski definition) is 4. The zero-order valence-electron chi connectivity index (χ0n) is 13.5. The number of anilines is 1. The van der Waals surface area contributed by atoms with Crippen LogP contribution in [0.2, 0.25) is 5.02 Å². The summed E-state index contributed by atoms with van der Waals surface area (Å²) in [5, 5.41) is 11.0. The Bertz CT molecular complexity index is 942. The molecule has 8 heteroatoms. The van der Waals surface area contributed by atoms with E-state index in [4.69, 9.17) is 16.3 Å². The monoisotopic (exact) mass is 360 g/mol.